The molecular weight excluding hydrogens is 313 g/mol. The third-order valence-electron chi connectivity index (χ3n) is 2.91. The van der Waals surface area contributed by atoms with E-state index < -0.39 is 17.8 Å². The van der Waals surface area contributed by atoms with Crippen LogP contribution in [-0.2, 0) is 4.79 Å². The lowest BCUT2D eigenvalue weighted by Crippen LogP contribution is -2.35. The summed E-state index contributed by atoms with van der Waals surface area (Å²) in [5.74, 6) is -2.00. The minimum Gasteiger partial charge on any atom is -0.481 e. The smallest absolute Gasteiger partial charge is 0.308 e. The molecule has 1 rings (SSSR count). The van der Waals surface area contributed by atoms with Crippen LogP contribution in [0.1, 0.15) is 37.6 Å². The molecule has 0 aliphatic rings. The number of carboxylic acids is 1. The number of hydrogen-bond donors (Lipinski definition) is 2. The molecule has 1 aromatic rings. The van der Waals surface area contributed by atoms with Crippen LogP contribution in [0.3, 0.4) is 0 Å². The lowest BCUT2D eigenvalue weighted by molar-refractivity contribution is -0.142. The maximum Gasteiger partial charge on any atom is 0.308 e. The molecule has 0 fully saturated rings. The van der Waals surface area contributed by atoms with Crippen molar-refractivity contribution in [1.82, 2.24) is 5.32 Å². The van der Waals surface area contributed by atoms with Crippen molar-refractivity contribution in [1.29, 1.82) is 0 Å². The highest BCUT2D eigenvalue weighted by Gasteiger charge is 2.25. The van der Waals surface area contributed by atoms with E-state index in [9.17, 15) is 14.7 Å². The average Bonchev–Trinajstić information content (AvgIpc) is 2.35. The minimum absolute atomic E-state index is 0.0499. The number of hydrogen-bond acceptors (Lipinski definition) is 2. The molecule has 21 heavy (non-hydrogen) atoms. The molecule has 0 aromatic heterocycles. The highest BCUT2D eigenvalue weighted by molar-refractivity contribution is 6.43. The van der Waals surface area contributed by atoms with Gasteiger partial charge in [-0.15, -0.1) is 0 Å². The summed E-state index contributed by atoms with van der Waals surface area (Å²) in [4.78, 5) is 23.3. The van der Waals surface area contributed by atoms with Gasteiger partial charge >= 0.3 is 5.97 Å². The third-order valence-corrected chi connectivity index (χ3v) is 3.73. The largest absolute Gasteiger partial charge is 0.481 e. The summed E-state index contributed by atoms with van der Waals surface area (Å²) in [6.07, 6.45) is 0.464. The second-order valence-corrected chi connectivity index (χ2v) is 6.90. The van der Waals surface area contributed by atoms with E-state index in [1.165, 1.54) is 0 Å². The number of halogens is 2. The molecule has 1 unspecified atom stereocenters. The molecule has 0 spiro atoms. The molecule has 0 bridgehead atoms. The second kappa shape index (κ2) is 7.14. The van der Waals surface area contributed by atoms with Gasteiger partial charge in [-0.1, -0.05) is 50.0 Å². The molecule has 0 aliphatic heterocycles. The van der Waals surface area contributed by atoms with Crippen molar-refractivity contribution < 1.29 is 14.7 Å². The predicted octanol–water partition coefficient (Wildman–Crippen LogP) is 3.86. The highest BCUT2D eigenvalue weighted by atomic mass is 35.5. The molecular formula is C15H19Cl2NO3. The molecule has 2 N–H and O–H groups in total. The number of amides is 1. The van der Waals surface area contributed by atoms with Crippen LogP contribution in [0.25, 0.3) is 0 Å². The van der Waals surface area contributed by atoms with E-state index in [2.05, 4.69) is 5.32 Å². The van der Waals surface area contributed by atoms with E-state index in [0.717, 1.165) is 0 Å². The monoisotopic (exact) mass is 331 g/mol. The van der Waals surface area contributed by atoms with Gasteiger partial charge in [0, 0.05) is 6.54 Å². The summed E-state index contributed by atoms with van der Waals surface area (Å²) in [5.41, 5.74) is 0.102. The Hall–Kier alpha value is -1.26. The van der Waals surface area contributed by atoms with Crippen molar-refractivity contribution in [3.8, 4) is 0 Å². The molecule has 6 heteroatoms. The highest BCUT2D eigenvalue weighted by Crippen LogP contribution is 2.26. The number of carbonyl (C=O) groups excluding carboxylic acids is 1. The Bertz CT molecular complexity index is 538. The van der Waals surface area contributed by atoms with Gasteiger partial charge in [-0.05, 0) is 24.0 Å². The fraction of sp³-hybridized carbons (Fsp3) is 0.467. The number of benzene rings is 1. The lowest BCUT2D eigenvalue weighted by Gasteiger charge is -2.23. The summed E-state index contributed by atoms with van der Waals surface area (Å²) in [7, 11) is 0. The van der Waals surface area contributed by atoms with Gasteiger partial charge in [0.15, 0.2) is 0 Å². The summed E-state index contributed by atoms with van der Waals surface area (Å²) < 4.78 is 0. The first-order valence-corrected chi connectivity index (χ1v) is 7.32. The summed E-state index contributed by atoms with van der Waals surface area (Å²) in [5, 5.41) is 12.3. The molecule has 0 heterocycles. The van der Waals surface area contributed by atoms with Gasteiger partial charge in [0.1, 0.15) is 0 Å². The van der Waals surface area contributed by atoms with Crippen LogP contribution in [-0.4, -0.2) is 23.5 Å². The number of rotatable bonds is 5. The van der Waals surface area contributed by atoms with Gasteiger partial charge in [-0.2, -0.15) is 0 Å². The van der Waals surface area contributed by atoms with E-state index in [1.807, 2.05) is 20.8 Å². The lowest BCUT2D eigenvalue weighted by atomic mass is 9.84. The summed E-state index contributed by atoms with van der Waals surface area (Å²) in [6.45, 7) is 5.92. The van der Waals surface area contributed by atoms with E-state index in [4.69, 9.17) is 23.2 Å². The van der Waals surface area contributed by atoms with E-state index >= 15 is 0 Å². The molecule has 4 nitrogen and oxygen atoms in total. The quantitative estimate of drug-likeness (QED) is 0.860. The first-order chi connectivity index (χ1) is 9.61. The van der Waals surface area contributed by atoms with Crippen molar-refractivity contribution in [3.63, 3.8) is 0 Å². The van der Waals surface area contributed by atoms with Crippen molar-refractivity contribution in [3.05, 3.63) is 33.8 Å². The predicted molar refractivity (Wildman–Crippen MR) is 84.0 cm³/mol. The van der Waals surface area contributed by atoms with Gasteiger partial charge in [-0.3, -0.25) is 9.59 Å². The molecule has 0 saturated carbocycles. The molecule has 116 valence electrons. The Morgan fingerprint density at radius 3 is 2.43 bits per heavy atom. The fourth-order valence-electron chi connectivity index (χ4n) is 1.98. The zero-order chi connectivity index (χ0) is 16.2. The van der Waals surface area contributed by atoms with Crippen LogP contribution in [0.4, 0.5) is 0 Å². The van der Waals surface area contributed by atoms with E-state index in [1.54, 1.807) is 18.2 Å². The van der Waals surface area contributed by atoms with Crippen molar-refractivity contribution in [2.45, 2.75) is 27.2 Å². The summed E-state index contributed by atoms with van der Waals surface area (Å²) >= 11 is 11.8. The van der Waals surface area contributed by atoms with Crippen LogP contribution < -0.4 is 5.32 Å². The van der Waals surface area contributed by atoms with E-state index in [-0.39, 0.29) is 27.6 Å². The number of aliphatic carboxylic acids is 1. The van der Waals surface area contributed by atoms with Gasteiger partial charge in [0.05, 0.1) is 21.5 Å². The van der Waals surface area contributed by atoms with Crippen LogP contribution in [0.15, 0.2) is 18.2 Å². The van der Waals surface area contributed by atoms with E-state index in [0.29, 0.717) is 6.42 Å². The Balaban J connectivity index is 2.74. The van der Waals surface area contributed by atoms with Crippen LogP contribution in [0.2, 0.25) is 10.0 Å². The molecule has 1 atom stereocenters. The topological polar surface area (TPSA) is 66.4 Å². The molecule has 0 aliphatic carbocycles. The van der Waals surface area contributed by atoms with Crippen molar-refractivity contribution in [2.24, 2.45) is 11.3 Å². The minimum atomic E-state index is -0.928. The van der Waals surface area contributed by atoms with Gasteiger partial charge < -0.3 is 10.4 Å². The van der Waals surface area contributed by atoms with Gasteiger partial charge in [0.2, 0.25) is 0 Å². The number of nitrogens with one attached hydrogen (secondary N) is 1. The maximum atomic E-state index is 12.1. The molecule has 0 saturated heterocycles. The van der Waals surface area contributed by atoms with Crippen molar-refractivity contribution in [2.75, 3.05) is 6.54 Å². The number of carboxylic acid groups (broad SMARTS) is 1. The molecule has 1 aromatic carbocycles. The SMILES string of the molecule is CC(C)(C)CC(CNC(=O)c1cccc(Cl)c1Cl)C(=O)O. The fourth-order valence-corrected chi connectivity index (χ4v) is 2.36. The number of carbonyl (C=O) groups is 2. The first-order valence-electron chi connectivity index (χ1n) is 6.57. The Morgan fingerprint density at radius 1 is 1.29 bits per heavy atom. The third kappa shape index (κ3) is 5.56. The van der Waals surface area contributed by atoms with Crippen LogP contribution in [0.5, 0.6) is 0 Å². The normalized spacial score (nSPS) is 12.8. The average molecular weight is 332 g/mol. The van der Waals surface area contributed by atoms with Crippen LogP contribution >= 0.6 is 23.2 Å². The molecule has 1 amide bonds. The Labute approximate surface area is 134 Å². The zero-order valence-electron chi connectivity index (χ0n) is 12.2. The van der Waals surface area contributed by atoms with Crippen LogP contribution in [0, 0.1) is 11.3 Å². The Kier molecular flexibility index (Phi) is 6.05. The maximum absolute atomic E-state index is 12.1. The Morgan fingerprint density at radius 2 is 1.90 bits per heavy atom. The molecule has 0 radical (unpaired) electrons. The zero-order valence-corrected chi connectivity index (χ0v) is 13.8. The van der Waals surface area contributed by atoms with Gasteiger partial charge in [0.25, 0.3) is 5.91 Å². The van der Waals surface area contributed by atoms with Gasteiger partial charge in [-0.25, -0.2) is 0 Å². The first kappa shape index (κ1) is 17.8. The standard InChI is InChI=1S/C15H19Cl2NO3/c1-15(2,3)7-9(14(20)21)8-18-13(19)10-5-4-6-11(16)12(10)17/h4-6,9H,7-8H2,1-3H3,(H,18,19)(H,20,21). The summed E-state index contributed by atoms with van der Waals surface area (Å²) in [6, 6.07) is 4.75. The van der Waals surface area contributed by atoms with Crippen molar-refractivity contribution >= 4 is 35.1 Å². The second-order valence-electron chi connectivity index (χ2n) is 6.11.